The number of aryl methyl sites for hydroxylation is 1. The highest BCUT2D eigenvalue weighted by Crippen LogP contribution is 2.32. The van der Waals surface area contributed by atoms with Crippen LogP contribution in [0.2, 0.25) is 0 Å². The average molecular weight is 447 g/mol. The van der Waals surface area contributed by atoms with Crippen LogP contribution in [-0.2, 0) is 5.41 Å². The number of pyridine rings is 1. The molecule has 5 rings (SSSR count). The minimum Gasteiger partial charge on any atom is -0.478 e. The van der Waals surface area contributed by atoms with E-state index in [9.17, 15) is 15.2 Å². The molecule has 0 aliphatic heterocycles. The molecule has 1 N–H and O–H groups in total. The summed E-state index contributed by atoms with van der Waals surface area (Å²) < 4.78 is 2.11. The Labute approximate surface area is 196 Å². The first-order chi connectivity index (χ1) is 16.3. The van der Waals surface area contributed by atoms with E-state index in [4.69, 9.17) is 4.98 Å². The second kappa shape index (κ2) is 7.82. The lowest BCUT2D eigenvalue weighted by molar-refractivity contribution is 0.0697. The number of hydrogen-bond donors (Lipinski definition) is 1. The normalized spacial score (nSPS) is 11.6. The topological polar surface area (TPSA) is 91.8 Å². The standard InChI is InChI=1S/C28H22N4O2/c1-17-31-25-15-30-24-13-8-20(18-4-6-19(7-5-18)27(33)34)14-23(24)26(25)32(17)22-11-9-21(10-12-22)28(2,3)16-29/h4-15H,1-3H3,(H,33,34). The fraction of sp³-hybridized carbons (Fsp3) is 0.143. The Hall–Kier alpha value is -4.50. The summed E-state index contributed by atoms with van der Waals surface area (Å²) in [4.78, 5) is 20.5. The Balaban J connectivity index is 1.69. The maximum atomic E-state index is 11.2. The molecule has 0 unspecified atom stereocenters. The van der Waals surface area contributed by atoms with Crippen molar-refractivity contribution in [3.63, 3.8) is 0 Å². The van der Waals surface area contributed by atoms with Crippen molar-refractivity contribution in [1.29, 1.82) is 5.26 Å². The second-order valence-corrected chi connectivity index (χ2v) is 8.88. The van der Waals surface area contributed by atoms with Gasteiger partial charge < -0.3 is 5.11 Å². The quantitative estimate of drug-likeness (QED) is 0.363. The van der Waals surface area contributed by atoms with Crippen LogP contribution in [0.4, 0.5) is 0 Å². The van der Waals surface area contributed by atoms with Crippen molar-refractivity contribution in [3.8, 4) is 22.9 Å². The number of rotatable bonds is 4. The molecule has 0 amide bonds. The van der Waals surface area contributed by atoms with Crippen LogP contribution in [0.3, 0.4) is 0 Å². The molecular weight excluding hydrogens is 424 g/mol. The smallest absolute Gasteiger partial charge is 0.335 e. The maximum Gasteiger partial charge on any atom is 0.335 e. The Kier molecular flexibility index (Phi) is 4.91. The summed E-state index contributed by atoms with van der Waals surface area (Å²) in [6.07, 6.45) is 1.79. The molecule has 5 aromatic rings. The van der Waals surface area contributed by atoms with Crippen LogP contribution < -0.4 is 0 Å². The highest BCUT2D eigenvalue weighted by molar-refractivity contribution is 6.04. The van der Waals surface area contributed by atoms with E-state index < -0.39 is 11.4 Å². The van der Waals surface area contributed by atoms with Crippen LogP contribution in [0.5, 0.6) is 0 Å². The number of aromatic carboxylic acids is 1. The lowest BCUT2D eigenvalue weighted by Crippen LogP contribution is -2.13. The predicted octanol–water partition coefficient (Wildman–Crippen LogP) is 6.05. The van der Waals surface area contributed by atoms with Gasteiger partial charge in [-0.3, -0.25) is 9.55 Å². The SMILES string of the molecule is Cc1nc2cnc3ccc(-c4ccc(C(=O)O)cc4)cc3c2n1-c1ccc(C(C)(C)C#N)cc1. The summed E-state index contributed by atoms with van der Waals surface area (Å²) in [7, 11) is 0. The van der Waals surface area contributed by atoms with E-state index in [0.717, 1.165) is 50.1 Å². The van der Waals surface area contributed by atoms with E-state index in [2.05, 4.69) is 21.7 Å². The third-order valence-corrected chi connectivity index (χ3v) is 6.24. The number of carboxylic acids is 1. The van der Waals surface area contributed by atoms with Crippen LogP contribution in [-0.4, -0.2) is 25.6 Å². The molecule has 0 aliphatic rings. The largest absolute Gasteiger partial charge is 0.478 e. The number of aromatic nitrogens is 3. The van der Waals surface area contributed by atoms with Crippen LogP contribution in [0.1, 0.15) is 35.6 Å². The number of carbonyl (C=O) groups is 1. The molecule has 2 heterocycles. The first-order valence-corrected chi connectivity index (χ1v) is 10.9. The third kappa shape index (κ3) is 3.48. The number of nitrogens with zero attached hydrogens (tertiary/aromatic N) is 4. The summed E-state index contributed by atoms with van der Waals surface area (Å²) >= 11 is 0. The summed E-state index contributed by atoms with van der Waals surface area (Å²) in [5.41, 5.74) is 6.10. The molecule has 0 spiro atoms. The van der Waals surface area contributed by atoms with E-state index in [-0.39, 0.29) is 5.56 Å². The first kappa shape index (κ1) is 21.4. The maximum absolute atomic E-state index is 11.2. The molecule has 2 aromatic heterocycles. The molecule has 3 aromatic carbocycles. The predicted molar refractivity (Wildman–Crippen MR) is 132 cm³/mol. The van der Waals surface area contributed by atoms with Gasteiger partial charge in [0.05, 0.1) is 34.3 Å². The van der Waals surface area contributed by atoms with Crippen molar-refractivity contribution >= 4 is 27.9 Å². The van der Waals surface area contributed by atoms with Crippen molar-refractivity contribution in [2.24, 2.45) is 0 Å². The highest BCUT2D eigenvalue weighted by Gasteiger charge is 2.20. The first-order valence-electron chi connectivity index (χ1n) is 10.9. The molecule has 0 bridgehead atoms. The summed E-state index contributed by atoms with van der Waals surface area (Å²) in [5.74, 6) is -0.104. The zero-order chi connectivity index (χ0) is 24.0. The van der Waals surface area contributed by atoms with Crippen molar-refractivity contribution in [1.82, 2.24) is 14.5 Å². The van der Waals surface area contributed by atoms with E-state index in [0.29, 0.717) is 0 Å². The van der Waals surface area contributed by atoms with E-state index in [1.807, 2.05) is 69.3 Å². The number of hydrogen-bond acceptors (Lipinski definition) is 4. The summed E-state index contributed by atoms with van der Waals surface area (Å²) in [6, 6.07) is 23.2. The fourth-order valence-electron chi connectivity index (χ4n) is 4.26. The molecule has 0 atom stereocenters. The molecule has 6 heteroatoms. The minimum atomic E-state index is -0.945. The van der Waals surface area contributed by atoms with Gasteiger partial charge in [-0.25, -0.2) is 9.78 Å². The van der Waals surface area contributed by atoms with Crippen molar-refractivity contribution in [2.75, 3.05) is 0 Å². The number of benzene rings is 3. The molecule has 0 aliphatic carbocycles. The van der Waals surface area contributed by atoms with Crippen LogP contribution in [0.15, 0.2) is 72.9 Å². The van der Waals surface area contributed by atoms with E-state index in [1.54, 1.807) is 18.3 Å². The molecule has 0 fully saturated rings. The number of carboxylic acid groups (broad SMARTS) is 1. The Morgan fingerprint density at radius 1 is 0.971 bits per heavy atom. The minimum absolute atomic E-state index is 0.255. The van der Waals surface area contributed by atoms with Crippen LogP contribution in [0, 0.1) is 18.3 Å². The van der Waals surface area contributed by atoms with Crippen molar-refractivity contribution in [2.45, 2.75) is 26.2 Å². The second-order valence-electron chi connectivity index (χ2n) is 8.88. The molecule has 0 radical (unpaired) electrons. The highest BCUT2D eigenvalue weighted by atomic mass is 16.4. The molecule has 166 valence electrons. The average Bonchev–Trinajstić information content (AvgIpc) is 3.20. The lowest BCUT2D eigenvalue weighted by Gasteiger charge is -2.17. The molecule has 0 saturated heterocycles. The summed E-state index contributed by atoms with van der Waals surface area (Å²) in [5, 5.41) is 19.6. The van der Waals surface area contributed by atoms with Gasteiger partial charge in [-0.15, -0.1) is 0 Å². The number of imidazole rings is 1. The molecule has 34 heavy (non-hydrogen) atoms. The zero-order valence-corrected chi connectivity index (χ0v) is 19.1. The third-order valence-electron chi connectivity index (χ3n) is 6.24. The zero-order valence-electron chi connectivity index (χ0n) is 19.1. The monoisotopic (exact) mass is 446 g/mol. The van der Waals surface area contributed by atoms with Crippen LogP contribution in [0.25, 0.3) is 38.8 Å². The van der Waals surface area contributed by atoms with Crippen molar-refractivity contribution in [3.05, 3.63) is 89.9 Å². The number of nitriles is 1. The summed E-state index contributed by atoms with van der Waals surface area (Å²) in [6.45, 7) is 5.78. The number of fused-ring (bicyclic) bond motifs is 3. The lowest BCUT2D eigenvalue weighted by atomic mass is 9.86. The molecule has 6 nitrogen and oxygen atoms in total. The van der Waals surface area contributed by atoms with Gasteiger partial charge in [0.1, 0.15) is 11.3 Å². The van der Waals surface area contributed by atoms with Crippen LogP contribution >= 0.6 is 0 Å². The van der Waals surface area contributed by atoms with E-state index >= 15 is 0 Å². The molecule has 0 saturated carbocycles. The van der Waals surface area contributed by atoms with E-state index in [1.165, 1.54) is 0 Å². The fourth-order valence-corrected chi connectivity index (χ4v) is 4.26. The van der Waals surface area contributed by atoms with Gasteiger partial charge in [0.2, 0.25) is 0 Å². The Bertz CT molecular complexity index is 1610. The van der Waals surface area contributed by atoms with Gasteiger partial charge in [0.25, 0.3) is 0 Å². The van der Waals surface area contributed by atoms with Gasteiger partial charge in [0, 0.05) is 11.1 Å². The Morgan fingerprint density at radius 2 is 1.65 bits per heavy atom. The van der Waals surface area contributed by atoms with Gasteiger partial charge >= 0.3 is 5.97 Å². The van der Waals surface area contributed by atoms with Gasteiger partial charge in [0.15, 0.2) is 0 Å². The van der Waals surface area contributed by atoms with Gasteiger partial charge in [-0.1, -0.05) is 30.3 Å². The Morgan fingerprint density at radius 3 is 2.29 bits per heavy atom. The molecular formula is C28H22N4O2. The van der Waals surface area contributed by atoms with Gasteiger partial charge in [-0.05, 0) is 73.9 Å². The van der Waals surface area contributed by atoms with Gasteiger partial charge in [-0.2, -0.15) is 5.26 Å². The van der Waals surface area contributed by atoms with Crippen molar-refractivity contribution < 1.29 is 9.90 Å².